The number of rotatable bonds is 4. The molecule has 6 heteroatoms. The molecule has 2 aromatic rings. The summed E-state index contributed by atoms with van der Waals surface area (Å²) >= 11 is 4.87. The Morgan fingerprint density at radius 2 is 2.29 bits per heavy atom. The summed E-state index contributed by atoms with van der Waals surface area (Å²) < 4.78 is 2.05. The van der Waals surface area contributed by atoms with Gasteiger partial charge >= 0.3 is 0 Å². The molecule has 0 amide bonds. The Balaban J connectivity index is 2.42. The van der Waals surface area contributed by atoms with Gasteiger partial charge in [0.25, 0.3) is 5.56 Å². The quantitative estimate of drug-likeness (QED) is 0.817. The minimum Gasteiger partial charge on any atom is -0.315 e. The Morgan fingerprint density at radius 1 is 1.47 bits per heavy atom. The molecule has 0 unspecified atom stereocenters. The van der Waals surface area contributed by atoms with Crippen LogP contribution in [0.15, 0.2) is 23.1 Å². The van der Waals surface area contributed by atoms with Crippen molar-refractivity contribution in [3.8, 4) is 11.4 Å². The lowest BCUT2D eigenvalue weighted by Crippen LogP contribution is -2.21. The maximum Gasteiger partial charge on any atom is 0.261 e. The first kappa shape index (κ1) is 11.8. The fraction of sp³-hybridized carbons (Fsp3) is 0.364. The number of hydrogen-bond donors (Lipinski definition) is 2. The van der Waals surface area contributed by atoms with E-state index < -0.39 is 0 Å². The van der Waals surface area contributed by atoms with Crippen LogP contribution >= 0.6 is 12.2 Å². The van der Waals surface area contributed by atoms with Gasteiger partial charge in [0.2, 0.25) is 4.77 Å². The zero-order valence-corrected chi connectivity index (χ0v) is 10.4. The summed E-state index contributed by atoms with van der Waals surface area (Å²) in [7, 11) is 0. The molecule has 17 heavy (non-hydrogen) atoms. The Hall–Kier alpha value is -1.69. The van der Waals surface area contributed by atoms with E-state index in [1.165, 1.54) is 0 Å². The molecule has 2 N–H and O–H groups in total. The molecule has 0 radical (unpaired) electrons. The fourth-order valence-electron chi connectivity index (χ4n) is 1.62. The van der Waals surface area contributed by atoms with Gasteiger partial charge in [0.1, 0.15) is 0 Å². The summed E-state index contributed by atoms with van der Waals surface area (Å²) in [5, 5.41) is 5.48. The van der Waals surface area contributed by atoms with Crippen molar-refractivity contribution in [3.05, 3.63) is 33.5 Å². The van der Waals surface area contributed by atoms with E-state index in [-0.39, 0.29) is 5.56 Å². The zero-order valence-electron chi connectivity index (χ0n) is 9.56. The molecule has 0 aromatic carbocycles. The highest BCUT2D eigenvalue weighted by atomic mass is 32.1. The van der Waals surface area contributed by atoms with Gasteiger partial charge in [0.15, 0.2) is 5.82 Å². The van der Waals surface area contributed by atoms with E-state index in [9.17, 15) is 4.79 Å². The van der Waals surface area contributed by atoms with E-state index in [1.54, 1.807) is 16.8 Å². The normalized spacial score (nSPS) is 10.6. The molecule has 0 fully saturated rings. The van der Waals surface area contributed by atoms with E-state index in [0.717, 1.165) is 19.4 Å². The summed E-state index contributed by atoms with van der Waals surface area (Å²) in [5.41, 5.74) is 0.495. The van der Waals surface area contributed by atoms with Crippen molar-refractivity contribution >= 4 is 12.2 Å². The van der Waals surface area contributed by atoms with Crippen LogP contribution in [0.1, 0.15) is 19.8 Å². The average Bonchev–Trinajstić information content (AvgIpc) is 2.74. The maximum absolute atomic E-state index is 12.1. The number of aromatic amines is 2. The third-order valence-corrected chi connectivity index (χ3v) is 2.72. The molecule has 0 aliphatic carbocycles. The van der Waals surface area contributed by atoms with Gasteiger partial charge in [-0.2, -0.15) is 4.98 Å². The highest BCUT2D eigenvalue weighted by molar-refractivity contribution is 7.71. The molecule has 0 aliphatic heterocycles. The zero-order chi connectivity index (χ0) is 12.3. The highest BCUT2D eigenvalue weighted by Gasteiger charge is 2.07. The lowest BCUT2D eigenvalue weighted by Gasteiger charge is -2.05. The molecule has 2 aromatic heterocycles. The summed E-state index contributed by atoms with van der Waals surface area (Å²) in [6, 6.07) is 3.59. The smallest absolute Gasteiger partial charge is 0.261 e. The van der Waals surface area contributed by atoms with Crippen molar-refractivity contribution in [2.75, 3.05) is 0 Å². The van der Waals surface area contributed by atoms with Crippen LogP contribution in [0.2, 0.25) is 0 Å². The van der Waals surface area contributed by atoms with Gasteiger partial charge in [0, 0.05) is 12.7 Å². The molecule has 2 heterocycles. The van der Waals surface area contributed by atoms with Crippen molar-refractivity contribution in [2.45, 2.75) is 26.3 Å². The third kappa shape index (κ3) is 2.52. The van der Waals surface area contributed by atoms with Crippen molar-refractivity contribution in [1.29, 1.82) is 0 Å². The molecule has 0 aliphatic rings. The van der Waals surface area contributed by atoms with Crippen LogP contribution in [0.5, 0.6) is 0 Å². The molecular formula is C11H14N4OS. The third-order valence-electron chi connectivity index (χ3n) is 2.53. The Bertz CT molecular complexity index is 610. The van der Waals surface area contributed by atoms with E-state index in [0.29, 0.717) is 16.2 Å². The van der Waals surface area contributed by atoms with Gasteiger partial charge < -0.3 is 4.57 Å². The number of pyridine rings is 1. The van der Waals surface area contributed by atoms with E-state index in [4.69, 9.17) is 12.2 Å². The van der Waals surface area contributed by atoms with Crippen LogP contribution < -0.4 is 5.56 Å². The predicted molar refractivity (Wildman–Crippen MR) is 68.4 cm³/mol. The van der Waals surface area contributed by atoms with Crippen molar-refractivity contribution in [2.24, 2.45) is 0 Å². The monoisotopic (exact) mass is 250 g/mol. The van der Waals surface area contributed by atoms with Crippen LogP contribution in [0.3, 0.4) is 0 Å². The second kappa shape index (κ2) is 5.09. The van der Waals surface area contributed by atoms with E-state index in [2.05, 4.69) is 22.1 Å². The minimum atomic E-state index is -0.0429. The molecule has 0 bridgehead atoms. The maximum atomic E-state index is 12.1. The van der Waals surface area contributed by atoms with Crippen molar-refractivity contribution in [1.82, 2.24) is 19.7 Å². The first-order valence-electron chi connectivity index (χ1n) is 5.57. The van der Waals surface area contributed by atoms with Gasteiger partial charge in [0.05, 0.1) is 5.56 Å². The van der Waals surface area contributed by atoms with Crippen LogP contribution in [-0.2, 0) is 6.54 Å². The fourth-order valence-corrected chi connectivity index (χ4v) is 1.76. The van der Waals surface area contributed by atoms with E-state index in [1.807, 2.05) is 6.07 Å². The lowest BCUT2D eigenvalue weighted by atomic mass is 10.2. The second-order valence-corrected chi connectivity index (χ2v) is 4.18. The minimum absolute atomic E-state index is 0.0429. The predicted octanol–water partition coefficient (Wildman–Crippen LogP) is 2.10. The molecule has 2 rings (SSSR count). The second-order valence-electron chi connectivity index (χ2n) is 3.79. The number of aromatic nitrogens is 4. The number of unbranched alkanes of at least 4 members (excludes halogenated alkanes) is 1. The molecule has 0 spiro atoms. The standard InChI is InChI=1S/C11H14N4OS/c1-2-3-6-15-7-4-5-8(10(15)16)9-12-11(17)14-13-9/h4-5,7H,2-3,6H2,1H3,(H2,12,13,14,17). The Kier molecular flexibility index (Phi) is 3.53. The first-order valence-corrected chi connectivity index (χ1v) is 5.97. The number of hydrogen-bond acceptors (Lipinski definition) is 3. The first-order chi connectivity index (χ1) is 8.22. The van der Waals surface area contributed by atoms with Crippen LogP contribution in [-0.4, -0.2) is 19.7 Å². The molecule has 90 valence electrons. The average molecular weight is 250 g/mol. The summed E-state index contributed by atoms with van der Waals surface area (Å²) in [5.74, 6) is 0.492. The molecule has 5 nitrogen and oxygen atoms in total. The molecule has 0 saturated carbocycles. The number of aryl methyl sites for hydroxylation is 1. The summed E-state index contributed by atoms with van der Waals surface area (Å²) in [4.78, 5) is 16.2. The van der Waals surface area contributed by atoms with Crippen LogP contribution in [0.4, 0.5) is 0 Å². The van der Waals surface area contributed by atoms with Crippen LogP contribution in [0, 0.1) is 4.77 Å². The SMILES string of the molecule is CCCCn1cccc(-c2nc(=S)[nH][nH]2)c1=O. The molecule has 0 atom stereocenters. The van der Waals surface area contributed by atoms with Crippen LogP contribution in [0.25, 0.3) is 11.4 Å². The van der Waals surface area contributed by atoms with Gasteiger partial charge in [-0.25, -0.2) is 0 Å². The number of nitrogens with zero attached hydrogens (tertiary/aromatic N) is 2. The molecule has 0 saturated heterocycles. The van der Waals surface area contributed by atoms with E-state index >= 15 is 0 Å². The largest absolute Gasteiger partial charge is 0.315 e. The topological polar surface area (TPSA) is 66.5 Å². The summed E-state index contributed by atoms with van der Waals surface area (Å²) in [6.45, 7) is 2.83. The summed E-state index contributed by atoms with van der Waals surface area (Å²) in [6.07, 6.45) is 3.84. The van der Waals surface area contributed by atoms with Crippen molar-refractivity contribution in [3.63, 3.8) is 0 Å². The number of nitrogens with one attached hydrogen (secondary N) is 2. The van der Waals surface area contributed by atoms with Gasteiger partial charge in [-0.3, -0.25) is 15.0 Å². The van der Waals surface area contributed by atoms with Gasteiger partial charge in [-0.05, 0) is 30.8 Å². The highest BCUT2D eigenvalue weighted by Crippen LogP contribution is 2.07. The van der Waals surface area contributed by atoms with Gasteiger partial charge in [-0.15, -0.1) is 0 Å². The Morgan fingerprint density at radius 3 is 2.94 bits per heavy atom. The Labute approximate surface area is 104 Å². The number of H-pyrrole nitrogens is 2. The molecular weight excluding hydrogens is 236 g/mol. The van der Waals surface area contributed by atoms with Crippen molar-refractivity contribution < 1.29 is 0 Å². The lowest BCUT2D eigenvalue weighted by molar-refractivity contribution is 0.614. The van der Waals surface area contributed by atoms with Gasteiger partial charge in [-0.1, -0.05) is 13.3 Å².